The third-order valence-corrected chi connectivity index (χ3v) is 2.86. The summed E-state index contributed by atoms with van der Waals surface area (Å²) < 4.78 is 5.78. The van der Waals surface area contributed by atoms with Gasteiger partial charge in [-0.15, -0.1) is 0 Å². The maximum Gasteiger partial charge on any atom is 0.214 e. The molecule has 4 nitrogen and oxygen atoms in total. The standard InChI is InChI=1S/C11H12N3O.C2H6.Pd/c1-7-8-5-10(15-11(2)3-4-11)12-6-9(8)14-13-7;1-2;/h5-6H,3-4H2,1-2H3;1-2H3;/q-1;;. The normalized spacial score (nSPS) is 15.3. The average Bonchev–Trinajstić information content (AvgIpc) is 2.95. The molecule has 0 saturated heterocycles. The van der Waals surface area contributed by atoms with Crippen molar-refractivity contribution in [3.63, 3.8) is 0 Å². The van der Waals surface area contributed by atoms with Gasteiger partial charge in [0.25, 0.3) is 0 Å². The van der Waals surface area contributed by atoms with Crippen molar-refractivity contribution in [3.8, 4) is 5.88 Å². The molecule has 0 unspecified atom stereocenters. The molecule has 0 N–H and O–H groups in total. The molecule has 102 valence electrons. The second-order valence-corrected chi connectivity index (χ2v) is 4.38. The monoisotopic (exact) mass is 338 g/mol. The molecule has 1 saturated carbocycles. The van der Waals surface area contributed by atoms with Crippen LogP contribution in [0.25, 0.3) is 10.9 Å². The summed E-state index contributed by atoms with van der Waals surface area (Å²) >= 11 is 0. The third kappa shape index (κ3) is 3.10. The Morgan fingerprint density at radius 3 is 2.61 bits per heavy atom. The Bertz CT molecular complexity index is 520. The fraction of sp³-hybridized carbons (Fsp3) is 0.538. The van der Waals surface area contributed by atoms with Crippen LogP contribution in [0.5, 0.6) is 5.88 Å². The van der Waals surface area contributed by atoms with Gasteiger partial charge in [0.15, 0.2) is 0 Å². The van der Waals surface area contributed by atoms with Crippen LogP contribution in [0.1, 0.15) is 39.3 Å². The Morgan fingerprint density at radius 1 is 1.33 bits per heavy atom. The fourth-order valence-electron chi connectivity index (χ4n) is 1.57. The van der Waals surface area contributed by atoms with Crippen molar-refractivity contribution >= 4 is 10.9 Å². The Balaban J connectivity index is 0.000000516. The minimum Gasteiger partial charge on any atom is -0.573 e. The second kappa shape index (κ2) is 5.82. The van der Waals surface area contributed by atoms with Crippen molar-refractivity contribution in [3.05, 3.63) is 18.0 Å². The molecule has 0 aromatic carbocycles. The van der Waals surface area contributed by atoms with Crippen molar-refractivity contribution in [1.82, 2.24) is 15.2 Å². The first kappa shape index (κ1) is 15.1. The Morgan fingerprint density at radius 2 is 2.00 bits per heavy atom. The third-order valence-electron chi connectivity index (χ3n) is 2.86. The Labute approximate surface area is 121 Å². The van der Waals surface area contributed by atoms with E-state index in [0.717, 1.165) is 29.4 Å². The largest absolute Gasteiger partial charge is 0.573 e. The van der Waals surface area contributed by atoms with E-state index in [1.165, 1.54) is 0 Å². The predicted octanol–water partition coefficient (Wildman–Crippen LogP) is 2.85. The molecule has 0 atom stereocenters. The van der Waals surface area contributed by atoms with Gasteiger partial charge in [-0.1, -0.05) is 19.4 Å². The van der Waals surface area contributed by atoms with Crippen molar-refractivity contribution in [2.75, 3.05) is 0 Å². The van der Waals surface area contributed by atoms with E-state index in [1.54, 1.807) is 6.20 Å². The van der Waals surface area contributed by atoms with Gasteiger partial charge in [0.1, 0.15) is 5.60 Å². The van der Waals surface area contributed by atoms with Gasteiger partial charge in [-0.2, -0.15) is 0 Å². The average molecular weight is 339 g/mol. The number of hydrogen-bond acceptors (Lipinski definition) is 3. The van der Waals surface area contributed by atoms with E-state index < -0.39 is 0 Å². The van der Waals surface area contributed by atoms with E-state index in [9.17, 15) is 0 Å². The number of aryl methyl sites for hydroxylation is 1. The summed E-state index contributed by atoms with van der Waals surface area (Å²) in [6.07, 6.45) is 3.95. The van der Waals surface area contributed by atoms with E-state index in [2.05, 4.69) is 22.1 Å². The van der Waals surface area contributed by atoms with Crippen LogP contribution in [0.4, 0.5) is 0 Å². The maximum absolute atomic E-state index is 5.78. The van der Waals surface area contributed by atoms with Crippen LogP contribution in [0.3, 0.4) is 0 Å². The van der Waals surface area contributed by atoms with E-state index in [-0.39, 0.29) is 26.0 Å². The van der Waals surface area contributed by atoms with Gasteiger partial charge in [0.2, 0.25) is 5.88 Å². The molecule has 0 amide bonds. The number of hydrogen-bond donors (Lipinski definition) is 0. The van der Waals surface area contributed by atoms with Crippen LogP contribution in [0.2, 0.25) is 0 Å². The number of pyridine rings is 1. The number of rotatable bonds is 2. The molecule has 2 heterocycles. The van der Waals surface area contributed by atoms with Gasteiger partial charge in [-0.25, -0.2) is 4.98 Å². The molecule has 1 aliphatic carbocycles. The first-order valence-electron chi connectivity index (χ1n) is 6.11. The fourth-order valence-corrected chi connectivity index (χ4v) is 1.57. The molecular formula is C13H18N3OPd-. The summed E-state index contributed by atoms with van der Waals surface area (Å²) in [5.41, 5.74) is 1.78. The van der Waals surface area contributed by atoms with Gasteiger partial charge >= 0.3 is 0 Å². The van der Waals surface area contributed by atoms with Gasteiger partial charge < -0.3 is 14.9 Å². The van der Waals surface area contributed by atoms with Crippen molar-refractivity contribution in [1.29, 1.82) is 0 Å². The van der Waals surface area contributed by atoms with Crippen LogP contribution < -0.4 is 9.84 Å². The quantitative estimate of drug-likeness (QED) is 0.790. The predicted molar refractivity (Wildman–Crippen MR) is 67.2 cm³/mol. The van der Waals surface area contributed by atoms with Gasteiger partial charge in [0.05, 0.1) is 0 Å². The molecule has 0 aliphatic heterocycles. The van der Waals surface area contributed by atoms with Crippen LogP contribution in [-0.4, -0.2) is 15.7 Å². The molecule has 0 spiro atoms. The van der Waals surface area contributed by atoms with E-state index in [1.807, 2.05) is 26.8 Å². The van der Waals surface area contributed by atoms with Crippen LogP contribution in [0.15, 0.2) is 12.3 Å². The van der Waals surface area contributed by atoms with Crippen molar-refractivity contribution in [2.24, 2.45) is 0 Å². The Hall–Kier alpha value is -0.918. The molecule has 3 rings (SSSR count). The molecule has 0 radical (unpaired) electrons. The van der Waals surface area contributed by atoms with Gasteiger partial charge in [-0.05, 0) is 32.1 Å². The van der Waals surface area contributed by atoms with Crippen LogP contribution in [-0.2, 0) is 20.4 Å². The van der Waals surface area contributed by atoms with Crippen molar-refractivity contribution in [2.45, 2.75) is 46.1 Å². The van der Waals surface area contributed by atoms with E-state index >= 15 is 0 Å². The number of fused-ring (bicyclic) bond motifs is 1. The van der Waals surface area contributed by atoms with Gasteiger partial charge in [0, 0.05) is 38.4 Å². The molecule has 1 aliphatic rings. The topological polar surface area (TPSA) is 49.1 Å². The summed E-state index contributed by atoms with van der Waals surface area (Å²) in [5.74, 6) is 0.681. The second-order valence-electron chi connectivity index (χ2n) is 4.38. The van der Waals surface area contributed by atoms with E-state index in [0.29, 0.717) is 5.88 Å². The van der Waals surface area contributed by atoms with Crippen LogP contribution in [0, 0.1) is 6.92 Å². The zero-order valence-electron chi connectivity index (χ0n) is 11.1. The maximum atomic E-state index is 5.78. The van der Waals surface area contributed by atoms with Crippen molar-refractivity contribution < 1.29 is 25.2 Å². The molecule has 18 heavy (non-hydrogen) atoms. The summed E-state index contributed by atoms with van der Waals surface area (Å²) in [4.78, 5) is 4.22. The molecule has 2 aromatic rings. The minimum absolute atomic E-state index is 0. The van der Waals surface area contributed by atoms with E-state index in [4.69, 9.17) is 4.74 Å². The van der Waals surface area contributed by atoms with Gasteiger partial charge in [-0.3, -0.25) is 0 Å². The number of nitrogens with zero attached hydrogens (tertiary/aromatic N) is 3. The SMILES string of the molecule is CC.Cc1n[n-]c2cnc(OC3(C)CC3)cc12.[Pd]. The molecule has 2 aromatic heterocycles. The molecule has 0 bridgehead atoms. The summed E-state index contributed by atoms with van der Waals surface area (Å²) in [5, 5.41) is 9.04. The minimum atomic E-state index is 0. The first-order valence-corrected chi connectivity index (χ1v) is 6.11. The Kier molecular flexibility index (Phi) is 4.89. The molecular weight excluding hydrogens is 321 g/mol. The molecule has 5 heteroatoms. The van der Waals surface area contributed by atoms with Crippen LogP contribution >= 0.6 is 0 Å². The zero-order valence-corrected chi connectivity index (χ0v) is 12.7. The zero-order chi connectivity index (χ0) is 12.5. The number of aromatic nitrogens is 3. The molecule has 1 fully saturated rings. The summed E-state index contributed by atoms with van der Waals surface area (Å²) in [6, 6.07) is 1.92. The first-order chi connectivity index (χ1) is 8.16. The summed E-state index contributed by atoms with van der Waals surface area (Å²) in [6.45, 7) is 8.05. The summed E-state index contributed by atoms with van der Waals surface area (Å²) in [7, 11) is 0. The number of ether oxygens (including phenoxy) is 1. The smallest absolute Gasteiger partial charge is 0.214 e.